The predicted molar refractivity (Wildman–Crippen MR) is 85.9 cm³/mol. The van der Waals surface area contributed by atoms with Gasteiger partial charge in [0.25, 0.3) is 0 Å². The van der Waals surface area contributed by atoms with Crippen molar-refractivity contribution in [3.05, 3.63) is 59.7 Å². The maximum atomic E-state index is 11.8. The van der Waals surface area contributed by atoms with Gasteiger partial charge in [-0.3, -0.25) is 4.79 Å². The van der Waals surface area contributed by atoms with Gasteiger partial charge < -0.3 is 16.0 Å². The van der Waals surface area contributed by atoms with Crippen molar-refractivity contribution in [3.63, 3.8) is 0 Å². The molecule has 3 N–H and O–H groups in total. The molecule has 2 aromatic rings. The molecule has 0 saturated heterocycles. The molecular weight excluding hydrogens is 278 g/mol. The van der Waals surface area contributed by atoms with Gasteiger partial charge in [-0.2, -0.15) is 0 Å². The summed E-state index contributed by atoms with van der Waals surface area (Å²) in [6.45, 7) is 0.541. The predicted octanol–water partition coefficient (Wildman–Crippen LogP) is 2.55. The van der Waals surface area contributed by atoms with E-state index in [1.165, 1.54) is 0 Å². The first-order valence-electron chi connectivity index (χ1n) is 7.22. The van der Waals surface area contributed by atoms with Crippen LogP contribution in [0.15, 0.2) is 48.5 Å². The number of nitrogens with one attached hydrogen (secondary N) is 3. The number of fused-ring (bicyclic) bond motifs is 1. The monoisotopic (exact) mass is 295 g/mol. The number of amides is 3. The summed E-state index contributed by atoms with van der Waals surface area (Å²) in [6.07, 6.45) is 1.16. The van der Waals surface area contributed by atoms with Crippen LogP contribution >= 0.6 is 0 Å². The van der Waals surface area contributed by atoms with Crippen LogP contribution in [0.4, 0.5) is 16.2 Å². The van der Waals surface area contributed by atoms with E-state index in [-0.39, 0.29) is 11.9 Å². The Balaban J connectivity index is 1.48. The van der Waals surface area contributed by atoms with E-state index in [0.717, 1.165) is 28.9 Å². The minimum absolute atomic E-state index is 0.0347. The molecule has 22 heavy (non-hydrogen) atoms. The number of hydrogen-bond donors (Lipinski definition) is 3. The molecule has 3 rings (SSSR count). The van der Waals surface area contributed by atoms with E-state index in [4.69, 9.17) is 0 Å². The fourth-order valence-corrected chi connectivity index (χ4v) is 2.46. The second-order valence-electron chi connectivity index (χ2n) is 5.21. The average Bonchev–Trinajstić information content (AvgIpc) is 2.87. The summed E-state index contributed by atoms with van der Waals surface area (Å²) >= 11 is 0. The minimum atomic E-state index is -0.218. The molecule has 112 valence electrons. The van der Waals surface area contributed by atoms with E-state index in [1.54, 1.807) is 0 Å². The first-order valence-corrected chi connectivity index (χ1v) is 7.22. The Morgan fingerprint density at radius 1 is 1.14 bits per heavy atom. The third-order valence-corrected chi connectivity index (χ3v) is 3.53. The largest absolute Gasteiger partial charge is 0.338 e. The summed E-state index contributed by atoms with van der Waals surface area (Å²) in [4.78, 5) is 23.1. The van der Waals surface area contributed by atoms with Crippen LogP contribution in [0.5, 0.6) is 0 Å². The fraction of sp³-hybridized carbons (Fsp3) is 0.176. The number of para-hydroxylation sites is 1. The Kier molecular flexibility index (Phi) is 4.05. The standard InChI is InChI=1S/C17H17N3O2/c21-16-11-13-10-12(6-7-15(13)20-16)8-9-18-17(22)19-14-4-2-1-3-5-14/h1-7,10H,8-9,11H2,(H,20,21)(H2,18,19,22). The quantitative estimate of drug-likeness (QED) is 0.811. The molecular formula is C17H17N3O2. The number of hydrogen-bond acceptors (Lipinski definition) is 2. The third kappa shape index (κ3) is 3.44. The summed E-state index contributed by atoms with van der Waals surface area (Å²) in [5, 5.41) is 8.40. The van der Waals surface area contributed by atoms with Crippen molar-refractivity contribution in [1.82, 2.24) is 5.32 Å². The van der Waals surface area contributed by atoms with Gasteiger partial charge in [0.15, 0.2) is 0 Å². The molecule has 0 unspecified atom stereocenters. The van der Waals surface area contributed by atoms with Crippen LogP contribution in [0.3, 0.4) is 0 Å². The smallest absolute Gasteiger partial charge is 0.319 e. The topological polar surface area (TPSA) is 70.2 Å². The van der Waals surface area contributed by atoms with Crippen molar-refractivity contribution in [2.75, 3.05) is 17.2 Å². The second kappa shape index (κ2) is 6.30. The van der Waals surface area contributed by atoms with Crippen LogP contribution in [-0.4, -0.2) is 18.5 Å². The lowest BCUT2D eigenvalue weighted by atomic mass is 10.1. The highest BCUT2D eigenvalue weighted by atomic mass is 16.2. The van der Waals surface area contributed by atoms with E-state index >= 15 is 0 Å². The number of rotatable bonds is 4. The minimum Gasteiger partial charge on any atom is -0.338 e. The molecule has 0 aliphatic carbocycles. The molecule has 0 atom stereocenters. The van der Waals surface area contributed by atoms with Crippen molar-refractivity contribution >= 4 is 23.3 Å². The maximum absolute atomic E-state index is 11.8. The first-order chi connectivity index (χ1) is 10.7. The van der Waals surface area contributed by atoms with Crippen LogP contribution in [0.2, 0.25) is 0 Å². The van der Waals surface area contributed by atoms with Crippen LogP contribution in [0.25, 0.3) is 0 Å². The molecule has 1 aliphatic heterocycles. The summed E-state index contributed by atoms with van der Waals surface area (Å²) in [7, 11) is 0. The fourth-order valence-electron chi connectivity index (χ4n) is 2.46. The summed E-state index contributed by atoms with van der Waals surface area (Å²) < 4.78 is 0. The summed E-state index contributed by atoms with van der Waals surface area (Å²) in [5.74, 6) is 0.0347. The van der Waals surface area contributed by atoms with Crippen molar-refractivity contribution < 1.29 is 9.59 Å². The third-order valence-electron chi connectivity index (χ3n) is 3.53. The summed E-state index contributed by atoms with van der Waals surface area (Å²) in [5.41, 5.74) is 3.79. The van der Waals surface area contributed by atoms with Crippen molar-refractivity contribution in [3.8, 4) is 0 Å². The number of benzene rings is 2. The molecule has 0 bridgehead atoms. The van der Waals surface area contributed by atoms with Gasteiger partial charge in [-0.25, -0.2) is 4.79 Å². The molecule has 5 nitrogen and oxygen atoms in total. The van der Waals surface area contributed by atoms with E-state index < -0.39 is 0 Å². The SMILES string of the molecule is O=C1Cc2cc(CCNC(=O)Nc3ccccc3)ccc2N1. The van der Waals surface area contributed by atoms with Crippen LogP contribution in [0, 0.1) is 0 Å². The van der Waals surface area contributed by atoms with Gasteiger partial charge in [0, 0.05) is 17.9 Å². The Hall–Kier alpha value is -2.82. The number of urea groups is 1. The number of anilines is 2. The van der Waals surface area contributed by atoms with Crippen molar-refractivity contribution in [2.24, 2.45) is 0 Å². The zero-order valence-corrected chi connectivity index (χ0v) is 12.1. The van der Waals surface area contributed by atoms with Gasteiger partial charge in [0.2, 0.25) is 5.91 Å². The molecule has 2 aromatic carbocycles. The molecule has 5 heteroatoms. The lowest BCUT2D eigenvalue weighted by molar-refractivity contribution is -0.115. The van der Waals surface area contributed by atoms with E-state index in [2.05, 4.69) is 16.0 Å². The first kappa shape index (κ1) is 14.1. The van der Waals surface area contributed by atoms with Crippen LogP contribution in [-0.2, 0) is 17.6 Å². The molecule has 1 aliphatic rings. The van der Waals surface area contributed by atoms with Crippen LogP contribution < -0.4 is 16.0 Å². The van der Waals surface area contributed by atoms with Gasteiger partial charge in [0.05, 0.1) is 6.42 Å². The Bertz CT molecular complexity index is 698. The highest BCUT2D eigenvalue weighted by Gasteiger charge is 2.17. The highest BCUT2D eigenvalue weighted by molar-refractivity contribution is 5.99. The second-order valence-corrected chi connectivity index (χ2v) is 5.21. The van der Waals surface area contributed by atoms with E-state index in [9.17, 15) is 9.59 Å². The molecule has 3 amide bonds. The van der Waals surface area contributed by atoms with Gasteiger partial charge >= 0.3 is 6.03 Å². The van der Waals surface area contributed by atoms with Gasteiger partial charge in [-0.05, 0) is 35.7 Å². The maximum Gasteiger partial charge on any atom is 0.319 e. The van der Waals surface area contributed by atoms with E-state index in [1.807, 2.05) is 48.5 Å². The molecule has 0 fully saturated rings. The van der Waals surface area contributed by atoms with Gasteiger partial charge in [-0.1, -0.05) is 30.3 Å². The highest BCUT2D eigenvalue weighted by Crippen LogP contribution is 2.23. The normalized spacial score (nSPS) is 12.5. The molecule has 0 radical (unpaired) electrons. The van der Waals surface area contributed by atoms with E-state index in [0.29, 0.717) is 13.0 Å². The lowest BCUT2D eigenvalue weighted by Crippen LogP contribution is -2.30. The average molecular weight is 295 g/mol. The Morgan fingerprint density at radius 2 is 1.95 bits per heavy atom. The summed E-state index contributed by atoms with van der Waals surface area (Å²) in [6, 6.07) is 15.0. The zero-order chi connectivity index (χ0) is 15.4. The van der Waals surface area contributed by atoms with Crippen molar-refractivity contribution in [2.45, 2.75) is 12.8 Å². The molecule has 0 aromatic heterocycles. The molecule has 1 heterocycles. The lowest BCUT2D eigenvalue weighted by Gasteiger charge is -2.08. The molecule has 0 saturated carbocycles. The van der Waals surface area contributed by atoms with Crippen LogP contribution in [0.1, 0.15) is 11.1 Å². The van der Waals surface area contributed by atoms with Gasteiger partial charge in [0.1, 0.15) is 0 Å². The molecule has 0 spiro atoms. The number of carbonyl (C=O) groups is 2. The zero-order valence-electron chi connectivity index (χ0n) is 12.1. The Morgan fingerprint density at radius 3 is 2.77 bits per heavy atom. The Labute approximate surface area is 128 Å². The number of carbonyl (C=O) groups excluding carboxylic acids is 2. The van der Waals surface area contributed by atoms with Gasteiger partial charge in [-0.15, -0.1) is 0 Å². The van der Waals surface area contributed by atoms with Crippen molar-refractivity contribution in [1.29, 1.82) is 0 Å².